The van der Waals surface area contributed by atoms with Crippen molar-refractivity contribution in [1.82, 2.24) is 10.2 Å². The van der Waals surface area contributed by atoms with Crippen LogP contribution in [0.4, 0.5) is 0 Å². The van der Waals surface area contributed by atoms with E-state index in [9.17, 15) is 0 Å². The first-order valence-corrected chi connectivity index (χ1v) is 8.52. The van der Waals surface area contributed by atoms with Crippen LogP contribution in [0, 0.1) is 0 Å². The molecule has 1 fully saturated rings. The third-order valence-corrected chi connectivity index (χ3v) is 5.86. The Morgan fingerprint density at radius 2 is 2.10 bits per heavy atom. The lowest BCUT2D eigenvalue weighted by molar-refractivity contribution is 0.218. The molecule has 2 heterocycles. The molecule has 1 aliphatic heterocycles. The maximum absolute atomic E-state index is 6.54. The first kappa shape index (κ1) is 17.0. The molecule has 0 bridgehead atoms. The normalized spacial score (nSPS) is 19.5. The van der Waals surface area contributed by atoms with Crippen molar-refractivity contribution < 1.29 is 0 Å². The molecule has 0 saturated carbocycles. The number of benzene rings is 1. The van der Waals surface area contributed by atoms with Gasteiger partial charge in [-0.15, -0.1) is 23.7 Å². The van der Waals surface area contributed by atoms with Gasteiger partial charge in [0.25, 0.3) is 0 Å². The minimum absolute atomic E-state index is 0. The lowest BCUT2D eigenvalue weighted by Gasteiger charge is -2.26. The largest absolute Gasteiger partial charge is 0.317 e. The van der Waals surface area contributed by atoms with Gasteiger partial charge in [-0.2, -0.15) is 0 Å². The monoisotopic (exact) mass is 344 g/mol. The zero-order chi connectivity index (χ0) is 13.9. The molecule has 5 heteroatoms. The minimum atomic E-state index is 0. The molecule has 1 aliphatic rings. The molecule has 0 radical (unpaired) electrons. The second-order valence-electron chi connectivity index (χ2n) is 5.59. The quantitative estimate of drug-likeness (QED) is 0.878. The number of hydrogen-bond acceptors (Lipinski definition) is 3. The maximum atomic E-state index is 6.54. The molecular weight excluding hydrogens is 323 g/mol. The van der Waals surface area contributed by atoms with E-state index >= 15 is 0 Å². The Bertz CT molecular complexity index is 577. The first-order valence-electron chi connectivity index (χ1n) is 7.32. The van der Waals surface area contributed by atoms with Crippen LogP contribution < -0.4 is 5.32 Å². The number of rotatable bonds is 3. The van der Waals surface area contributed by atoms with E-state index in [4.69, 9.17) is 11.6 Å². The highest BCUT2D eigenvalue weighted by Gasteiger charge is 2.19. The van der Waals surface area contributed by atoms with Gasteiger partial charge < -0.3 is 5.32 Å². The molecule has 2 nitrogen and oxygen atoms in total. The zero-order valence-corrected chi connectivity index (χ0v) is 14.7. The average Bonchev–Trinajstić information content (AvgIpc) is 2.67. The van der Waals surface area contributed by atoms with Crippen LogP contribution in [0.5, 0.6) is 0 Å². The number of nitrogens with one attached hydrogen (secondary N) is 1. The number of hydrogen-bond donors (Lipinski definition) is 1. The summed E-state index contributed by atoms with van der Waals surface area (Å²) in [6.07, 6.45) is 3.79. The van der Waals surface area contributed by atoms with Crippen LogP contribution >= 0.6 is 35.3 Å². The standard InChI is InChI=1S/C16H21ClN2S.ClH/c1-19(12-5-4-9-18-10-8-12)11-15-16(17)13-6-2-3-7-14(13)20-15;/h2-3,6-7,12,18H,4-5,8-11H2,1H3;1H. The summed E-state index contributed by atoms with van der Waals surface area (Å²) >= 11 is 8.38. The molecule has 1 unspecified atom stereocenters. The van der Waals surface area contributed by atoms with E-state index in [1.54, 1.807) is 0 Å². The molecule has 3 rings (SSSR count). The van der Waals surface area contributed by atoms with Gasteiger partial charge in [-0.05, 0) is 45.5 Å². The molecule has 0 amide bonds. The van der Waals surface area contributed by atoms with E-state index in [0.717, 1.165) is 24.7 Å². The summed E-state index contributed by atoms with van der Waals surface area (Å²) in [5.41, 5.74) is 0. The van der Waals surface area contributed by atoms with Crippen molar-refractivity contribution in [3.05, 3.63) is 34.2 Å². The fourth-order valence-corrected chi connectivity index (χ4v) is 4.52. The van der Waals surface area contributed by atoms with Gasteiger partial charge in [-0.3, -0.25) is 4.90 Å². The smallest absolute Gasteiger partial charge is 0.0637 e. The Kier molecular flexibility index (Phi) is 6.33. The van der Waals surface area contributed by atoms with Gasteiger partial charge in [-0.1, -0.05) is 29.8 Å². The highest BCUT2D eigenvalue weighted by atomic mass is 35.5. The topological polar surface area (TPSA) is 15.3 Å². The van der Waals surface area contributed by atoms with Gasteiger partial charge in [-0.25, -0.2) is 0 Å². The molecule has 0 spiro atoms. The Morgan fingerprint density at radius 1 is 1.29 bits per heavy atom. The minimum Gasteiger partial charge on any atom is -0.317 e. The van der Waals surface area contributed by atoms with E-state index < -0.39 is 0 Å². The van der Waals surface area contributed by atoms with E-state index in [2.05, 4.69) is 41.5 Å². The number of nitrogens with zero attached hydrogens (tertiary/aromatic N) is 1. The van der Waals surface area contributed by atoms with Crippen molar-refractivity contribution >= 4 is 45.4 Å². The van der Waals surface area contributed by atoms with Gasteiger partial charge >= 0.3 is 0 Å². The lowest BCUT2D eigenvalue weighted by Crippen LogP contribution is -2.31. The van der Waals surface area contributed by atoms with Crippen LogP contribution in [0.3, 0.4) is 0 Å². The number of fused-ring (bicyclic) bond motifs is 1. The van der Waals surface area contributed by atoms with Crippen molar-refractivity contribution in [3.63, 3.8) is 0 Å². The fraction of sp³-hybridized carbons (Fsp3) is 0.500. The van der Waals surface area contributed by atoms with Gasteiger partial charge in [0.15, 0.2) is 0 Å². The van der Waals surface area contributed by atoms with Crippen molar-refractivity contribution in [3.8, 4) is 0 Å². The third-order valence-electron chi connectivity index (χ3n) is 4.16. The van der Waals surface area contributed by atoms with Gasteiger partial charge in [0.1, 0.15) is 0 Å². The fourth-order valence-electron chi connectivity index (χ4n) is 2.96. The summed E-state index contributed by atoms with van der Waals surface area (Å²) in [6, 6.07) is 9.09. The Morgan fingerprint density at radius 3 is 2.90 bits per heavy atom. The molecule has 116 valence electrons. The Labute approximate surface area is 141 Å². The van der Waals surface area contributed by atoms with E-state index in [0.29, 0.717) is 6.04 Å². The van der Waals surface area contributed by atoms with Crippen molar-refractivity contribution in [2.45, 2.75) is 31.8 Å². The summed E-state index contributed by atoms with van der Waals surface area (Å²) in [4.78, 5) is 3.77. The van der Waals surface area contributed by atoms with Crippen LogP contribution in [-0.4, -0.2) is 31.1 Å². The second kappa shape index (κ2) is 7.80. The molecule has 1 atom stereocenters. The first-order chi connectivity index (χ1) is 9.75. The SMILES string of the molecule is CN(Cc1sc2ccccc2c1Cl)C1CCCNCC1.Cl. The highest BCUT2D eigenvalue weighted by Crippen LogP contribution is 2.36. The predicted octanol–water partition coefficient (Wildman–Crippen LogP) is 4.55. The summed E-state index contributed by atoms with van der Waals surface area (Å²) < 4.78 is 1.29. The van der Waals surface area contributed by atoms with Crippen LogP contribution in [0.2, 0.25) is 5.02 Å². The van der Waals surface area contributed by atoms with Gasteiger partial charge in [0, 0.05) is 27.5 Å². The molecule has 1 N–H and O–H groups in total. The van der Waals surface area contributed by atoms with Gasteiger partial charge in [0.05, 0.1) is 5.02 Å². The van der Waals surface area contributed by atoms with Crippen molar-refractivity contribution in [2.24, 2.45) is 0 Å². The number of thiophene rings is 1. The molecular formula is C16H22Cl2N2S. The average molecular weight is 345 g/mol. The summed E-state index contributed by atoms with van der Waals surface area (Å²) in [5.74, 6) is 0. The van der Waals surface area contributed by atoms with E-state index in [1.165, 1.54) is 34.2 Å². The molecule has 1 aromatic carbocycles. The summed E-state index contributed by atoms with van der Waals surface area (Å²) in [5, 5.41) is 5.63. The van der Waals surface area contributed by atoms with Gasteiger partial charge in [0.2, 0.25) is 0 Å². The third kappa shape index (κ3) is 3.91. The second-order valence-corrected chi connectivity index (χ2v) is 7.10. The summed E-state index contributed by atoms with van der Waals surface area (Å²) in [6.45, 7) is 3.26. The van der Waals surface area contributed by atoms with E-state index in [-0.39, 0.29) is 12.4 Å². The Hall–Kier alpha value is -0.320. The highest BCUT2D eigenvalue weighted by molar-refractivity contribution is 7.19. The number of halogens is 2. The maximum Gasteiger partial charge on any atom is 0.0637 e. The van der Waals surface area contributed by atoms with Crippen molar-refractivity contribution in [2.75, 3.05) is 20.1 Å². The molecule has 2 aromatic rings. The molecule has 1 saturated heterocycles. The molecule has 21 heavy (non-hydrogen) atoms. The van der Waals surface area contributed by atoms with Crippen LogP contribution in [0.25, 0.3) is 10.1 Å². The van der Waals surface area contributed by atoms with Crippen LogP contribution in [-0.2, 0) is 6.54 Å². The van der Waals surface area contributed by atoms with Crippen LogP contribution in [0.1, 0.15) is 24.1 Å². The predicted molar refractivity (Wildman–Crippen MR) is 96.1 cm³/mol. The van der Waals surface area contributed by atoms with Crippen molar-refractivity contribution in [1.29, 1.82) is 0 Å². The summed E-state index contributed by atoms with van der Waals surface area (Å²) in [7, 11) is 2.23. The van der Waals surface area contributed by atoms with Crippen LogP contribution in [0.15, 0.2) is 24.3 Å². The van der Waals surface area contributed by atoms with E-state index in [1.807, 2.05) is 11.3 Å². The molecule has 0 aliphatic carbocycles. The Balaban J connectivity index is 0.00000161. The molecule has 1 aromatic heterocycles. The zero-order valence-electron chi connectivity index (χ0n) is 12.3. The lowest BCUT2D eigenvalue weighted by atomic mass is 10.1.